The zero-order chi connectivity index (χ0) is 20.9. The molecule has 156 valence electrons. The Morgan fingerprint density at radius 2 is 1.75 bits per heavy atom. The lowest BCUT2D eigenvalue weighted by molar-refractivity contribution is -0.122. The first-order valence-electron chi connectivity index (χ1n) is 9.49. The van der Waals surface area contributed by atoms with Gasteiger partial charge in [0.05, 0.1) is 17.1 Å². The maximum Gasteiger partial charge on any atom is 0.251 e. The molecule has 0 aliphatic carbocycles. The number of benzene rings is 1. The van der Waals surface area contributed by atoms with Crippen molar-refractivity contribution in [1.82, 2.24) is 14.9 Å². The van der Waals surface area contributed by atoms with E-state index in [1.807, 2.05) is 20.8 Å². The predicted octanol–water partition coefficient (Wildman–Crippen LogP) is 1.13. The second-order valence-electron chi connectivity index (χ2n) is 7.09. The van der Waals surface area contributed by atoms with Crippen LogP contribution in [0.4, 0.5) is 0 Å². The fourth-order valence-electron chi connectivity index (χ4n) is 3.00. The summed E-state index contributed by atoms with van der Waals surface area (Å²) in [4.78, 5) is 24.3. The summed E-state index contributed by atoms with van der Waals surface area (Å²) < 4.78 is 32.7. The number of sulfonamides is 1. The van der Waals surface area contributed by atoms with Gasteiger partial charge < -0.3 is 15.4 Å². The first kappa shape index (κ1) is 22.3. The Bertz CT molecular complexity index is 784. The summed E-state index contributed by atoms with van der Waals surface area (Å²) >= 11 is 0. The van der Waals surface area contributed by atoms with Crippen LogP contribution < -0.4 is 10.6 Å². The van der Waals surface area contributed by atoms with Crippen LogP contribution in [0.1, 0.15) is 44.5 Å². The highest BCUT2D eigenvalue weighted by Gasteiger charge is 2.32. The van der Waals surface area contributed by atoms with Gasteiger partial charge in [-0.05, 0) is 51.5 Å². The van der Waals surface area contributed by atoms with Crippen LogP contribution >= 0.6 is 0 Å². The molecule has 0 unspecified atom stereocenters. The minimum Gasteiger partial charge on any atom is -0.373 e. The van der Waals surface area contributed by atoms with E-state index >= 15 is 0 Å². The second kappa shape index (κ2) is 9.49. The van der Waals surface area contributed by atoms with Crippen LogP contribution in [0.5, 0.6) is 0 Å². The standard InChI is InChI=1S/C19H29N3O5S/c1-5-10-20-18(23)15(4)21-19(24)16-6-8-17(9-7-16)28(25,26)22-11-13(2)27-14(3)12-22/h6-9,13-15H,5,10-12H2,1-4H3,(H,20,23)(H,21,24)/t13-,14-,15-/m1/s1. The molecule has 0 spiro atoms. The average molecular weight is 412 g/mol. The zero-order valence-corrected chi connectivity index (χ0v) is 17.6. The normalized spacial score (nSPS) is 21.7. The molecular weight excluding hydrogens is 382 g/mol. The molecular formula is C19H29N3O5S. The quantitative estimate of drug-likeness (QED) is 0.700. The molecule has 1 fully saturated rings. The van der Waals surface area contributed by atoms with Crippen molar-refractivity contribution in [2.75, 3.05) is 19.6 Å². The molecule has 1 aliphatic rings. The average Bonchev–Trinajstić information content (AvgIpc) is 2.65. The highest BCUT2D eigenvalue weighted by Crippen LogP contribution is 2.21. The molecule has 0 radical (unpaired) electrons. The number of ether oxygens (including phenoxy) is 1. The second-order valence-corrected chi connectivity index (χ2v) is 9.03. The third-order valence-corrected chi connectivity index (χ3v) is 6.28. The molecule has 8 nitrogen and oxygen atoms in total. The Kier molecular flexibility index (Phi) is 7.56. The molecule has 3 atom stereocenters. The Morgan fingerprint density at radius 1 is 1.18 bits per heavy atom. The summed E-state index contributed by atoms with van der Waals surface area (Å²) in [7, 11) is -3.66. The molecule has 0 bridgehead atoms. The Morgan fingerprint density at radius 3 is 2.29 bits per heavy atom. The third kappa shape index (κ3) is 5.52. The van der Waals surface area contributed by atoms with Crippen LogP contribution in [-0.2, 0) is 19.6 Å². The van der Waals surface area contributed by atoms with E-state index in [1.54, 1.807) is 6.92 Å². The number of hydrogen-bond acceptors (Lipinski definition) is 5. The van der Waals surface area contributed by atoms with Crippen molar-refractivity contribution in [1.29, 1.82) is 0 Å². The number of amides is 2. The molecule has 28 heavy (non-hydrogen) atoms. The molecule has 1 saturated heterocycles. The molecule has 2 N–H and O–H groups in total. The minimum absolute atomic E-state index is 0.124. The maximum absolute atomic E-state index is 12.8. The lowest BCUT2D eigenvalue weighted by Crippen LogP contribution is -2.48. The summed E-state index contributed by atoms with van der Waals surface area (Å²) in [5.41, 5.74) is 0.290. The van der Waals surface area contributed by atoms with Crippen molar-refractivity contribution >= 4 is 21.8 Å². The van der Waals surface area contributed by atoms with Gasteiger partial charge in [0.25, 0.3) is 5.91 Å². The summed E-state index contributed by atoms with van der Waals surface area (Å²) in [6.45, 7) is 8.34. The van der Waals surface area contributed by atoms with Gasteiger partial charge in [-0.15, -0.1) is 0 Å². The number of hydrogen-bond donors (Lipinski definition) is 2. The molecule has 1 aromatic carbocycles. The van der Waals surface area contributed by atoms with Gasteiger partial charge in [0.2, 0.25) is 15.9 Å². The highest BCUT2D eigenvalue weighted by molar-refractivity contribution is 7.89. The van der Waals surface area contributed by atoms with Crippen molar-refractivity contribution in [3.8, 4) is 0 Å². The molecule has 0 saturated carbocycles. The van der Waals surface area contributed by atoms with Crippen molar-refractivity contribution in [3.05, 3.63) is 29.8 Å². The number of nitrogens with one attached hydrogen (secondary N) is 2. The van der Waals surface area contributed by atoms with Crippen molar-refractivity contribution < 1.29 is 22.7 Å². The third-order valence-electron chi connectivity index (χ3n) is 4.43. The van der Waals surface area contributed by atoms with Gasteiger partial charge in [-0.2, -0.15) is 4.31 Å². The van der Waals surface area contributed by atoms with E-state index in [2.05, 4.69) is 10.6 Å². The van der Waals surface area contributed by atoms with Gasteiger partial charge in [0.1, 0.15) is 6.04 Å². The smallest absolute Gasteiger partial charge is 0.251 e. The number of carbonyl (C=O) groups is 2. The summed E-state index contributed by atoms with van der Waals surface area (Å²) in [6, 6.07) is 5.05. The van der Waals surface area contributed by atoms with E-state index in [0.717, 1.165) is 6.42 Å². The number of carbonyl (C=O) groups excluding carboxylic acids is 2. The number of nitrogens with zero attached hydrogens (tertiary/aromatic N) is 1. The fraction of sp³-hybridized carbons (Fsp3) is 0.579. The van der Waals surface area contributed by atoms with Gasteiger partial charge >= 0.3 is 0 Å². The molecule has 2 amide bonds. The topological polar surface area (TPSA) is 105 Å². The lowest BCUT2D eigenvalue weighted by atomic mass is 10.2. The monoisotopic (exact) mass is 411 g/mol. The molecule has 1 heterocycles. The SMILES string of the molecule is CCCNC(=O)[C@@H](C)NC(=O)c1ccc(S(=O)(=O)N2C[C@@H](C)O[C@H](C)C2)cc1. The minimum atomic E-state index is -3.66. The van der Waals surface area contributed by atoms with Gasteiger partial charge in [-0.25, -0.2) is 8.42 Å². The lowest BCUT2D eigenvalue weighted by Gasteiger charge is -2.34. The largest absolute Gasteiger partial charge is 0.373 e. The molecule has 1 aromatic rings. The molecule has 9 heteroatoms. The Labute approximate surface area is 166 Å². The summed E-state index contributed by atoms with van der Waals surface area (Å²) in [6.07, 6.45) is 0.455. The fourth-order valence-corrected chi connectivity index (χ4v) is 4.59. The summed E-state index contributed by atoms with van der Waals surface area (Å²) in [5.74, 6) is -0.693. The van der Waals surface area contributed by atoms with E-state index in [4.69, 9.17) is 4.74 Å². The van der Waals surface area contributed by atoms with Gasteiger partial charge in [-0.3, -0.25) is 9.59 Å². The van der Waals surface area contributed by atoms with E-state index in [9.17, 15) is 18.0 Å². The summed E-state index contributed by atoms with van der Waals surface area (Å²) in [5, 5.41) is 5.32. The number of morpholine rings is 1. The molecule has 1 aliphatic heterocycles. The van der Waals surface area contributed by atoms with E-state index in [-0.39, 0.29) is 28.6 Å². The number of rotatable bonds is 7. The molecule has 2 rings (SSSR count). The van der Waals surface area contributed by atoms with Crippen LogP contribution in [0, 0.1) is 0 Å². The van der Waals surface area contributed by atoms with Crippen molar-refractivity contribution in [2.24, 2.45) is 0 Å². The first-order valence-corrected chi connectivity index (χ1v) is 10.9. The van der Waals surface area contributed by atoms with Crippen LogP contribution in [0.15, 0.2) is 29.2 Å². The van der Waals surface area contributed by atoms with Crippen LogP contribution in [-0.4, -0.2) is 62.4 Å². The van der Waals surface area contributed by atoms with Crippen molar-refractivity contribution in [3.63, 3.8) is 0 Å². The predicted molar refractivity (Wildman–Crippen MR) is 105 cm³/mol. The zero-order valence-electron chi connectivity index (χ0n) is 16.8. The van der Waals surface area contributed by atoms with E-state index in [0.29, 0.717) is 19.6 Å². The Balaban J connectivity index is 2.06. The van der Waals surface area contributed by atoms with Crippen LogP contribution in [0.25, 0.3) is 0 Å². The molecule has 0 aromatic heterocycles. The first-order chi connectivity index (χ1) is 13.1. The Hall–Kier alpha value is -1.97. The van der Waals surface area contributed by atoms with E-state index < -0.39 is 22.0 Å². The van der Waals surface area contributed by atoms with Crippen molar-refractivity contribution in [2.45, 2.75) is 57.3 Å². The van der Waals surface area contributed by atoms with Gasteiger partial charge in [-0.1, -0.05) is 6.92 Å². The van der Waals surface area contributed by atoms with Crippen LogP contribution in [0.3, 0.4) is 0 Å². The maximum atomic E-state index is 12.8. The van der Waals surface area contributed by atoms with E-state index in [1.165, 1.54) is 28.6 Å². The highest BCUT2D eigenvalue weighted by atomic mass is 32.2. The van der Waals surface area contributed by atoms with Gasteiger partial charge in [0, 0.05) is 25.2 Å². The van der Waals surface area contributed by atoms with Gasteiger partial charge in [0.15, 0.2) is 0 Å². The van der Waals surface area contributed by atoms with Crippen LogP contribution in [0.2, 0.25) is 0 Å².